The fourth-order valence-electron chi connectivity index (χ4n) is 2.63. The summed E-state index contributed by atoms with van der Waals surface area (Å²) in [5.74, 6) is -0.0734. The number of H-pyrrole nitrogens is 1. The van der Waals surface area contributed by atoms with Gasteiger partial charge >= 0.3 is 5.69 Å². The average molecular weight is 364 g/mol. The first-order valence-electron chi connectivity index (χ1n) is 8.39. The Morgan fingerprint density at radius 2 is 2.15 bits per heavy atom. The number of nitrogens with two attached hydrogens (primary N) is 1. The van der Waals surface area contributed by atoms with E-state index in [1.807, 2.05) is 6.92 Å². The zero-order valence-electron chi connectivity index (χ0n) is 15.2. The van der Waals surface area contributed by atoms with Crippen LogP contribution in [0.1, 0.15) is 35.9 Å². The number of aryl methyl sites for hydroxylation is 1. The van der Waals surface area contributed by atoms with Crippen LogP contribution in [0.25, 0.3) is 0 Å². The summed E-state index contributed by atoms with van der Waals surface area (Å²) >= 11 is 0. The first-order chi connectivity index (χ1) is 12.4. The largest absolute Gasteiger partial charge is 0.469 e. The lowest BCUT2D eigenvalue weighted by atomic mass is 10.2. The molecule has 142 valence electrons. The van der Waals surface area contributed by atoms with Crippen LogP contribution in [0.2, 0.25) is 0 Å². The Labute approximate surface area is 150 Å². The highest BCUT2D eigenvalue weighted by Gasteiger charge is 2.26. The molecule has 1 amide bonds. The van der Waals surface area contributed by atoms with E-state index < -0.39 is 17.2 Å². The number of hydrogen-bond acceptors (Lipinski definition) is 6. The number of aromatic amines is 1. The molecule has 2 aromatic heterocycles. The number of aromatic nitrogens is 2. The molecular weight excluding hydrogens is 340 g/mol. The topological polar surface area (TPSA) is 124 Å². The van der Waals surface area contributed by atoms with Crippen LogP contribution in [0.4, 0.5) is 11.5 Å². The molecule has 0 bridgehead atoms. The van der Waals surface area contributed by atoms with Crippen LogP contribution in [-0.4, -0.2) is 35.7 Å². The number of furan rings is 1. The van der Waals surface area contributed by atoms with Crippen molar-refractivity contribution in [3.63, 3.8) is 0 Å². The lowest BCUT2D eigenvalue weighted by Gasteiger charge is -2.24. The van der Waals surface area contributed by atoms with E-state index in [-0.39, 0.29) is 24.7 Å². The predicted octanol–water partition coefficient (Wildman–Crippen LogP) is 1.11. The number of nitrogen functional groups attached to an aromatic ring is 1. The number of carbonyl (C=O) groups excluding carboxylic acids is 1. The number of carbonyl (C=O) groups is 1. The fourth-order valence-corrected chi connectivity index (χ4v) is 2.63. The van der Waals surface area contributed by atoms with Gasteiger partial charge in [0.05, 0.1) is 18.4 Å². The third kappa shape index (κ3) is 3.88. The van der Waals surface area contributed by atoms with Gasteiger partial charge in [0, 0.05) is 20.2 Å². The molecule has 9 nitrogen and oxygen atoms in total. The Kier molecular flexibility index (Phi) is 6.40. The van der Waals surface area contributed by atoms with Crippen molar-refractivity contribution in [2.75, 3.05) is 30.9 Å². The Hall–Kier alpha value is -2.81. The van der Waals surface area contributed by atoms with Crippen molar-refractivity contribution in [3.8, 4) is 0 Å². The fraction of sp³-hybridized carbons (Fsp3) is 0.471. The van der Waals surface area contributed by atoms with E-state index in [9.17, 15) is 14.4 Å². The molecule has 0 saturated carbocycles. The summed E-state index contributed by atoms with van der Waals surface area (Å²) in [4.78, 5) is 41.0. The maximum absolute atomic E-state index is 13.0. The van der Waals surface area contributed by atoms with Crippen molar-refractivity contribution in [3.05, 3.63) is 44.5 Å². The summed E-state index contributed by atoms with van der Waals surface area (Å²) in [5.41, 5.74) is 5.05. The molecule has 0 atom stereocenters. The van der Waals surface area contributed by atoms with E-state index in [0.717, 1.165) is 6.42 Å². The van der Waals surface area contributed by atoms with Crippen LogP contribution in [0.5, 0.6) is 0 Å². The maximum Gasteiger partial charge on any atom is 0.330 e. The third-order valence-corrected chi connectivity index (χ3v) is 4.07. The first-order valence-corrected chi connectivity index (χ1v) is 8.39. The highest BCUT2D eigenvalue weighted by Crippen LogP contribution is 2.21. The van der Waals surface area contributed by atoms with Crippen LogP contribution in [0, 0.1) is 6.92 Å². The third-order valence-electron chi connectivity index (χ3n) is 4.07. The lowest BCUT2D eigenvalue weighted by molar-refractivity contribution is 0.0974. The van der Waals surface area contributed by atoms with Crippen molar-refractivity contribution in [2.24, 2.45) is 0 Å². The summed E-state index contributed by atoms with van der Waals surface area (Å²) in [6, 6.07) is 1.52. The molecule has 2 aromatic rings. The number of anilines is 2. The van der Waals surface area contributed by atoms with Crippen LogP contribution in [0.15, 0.2) is 26.3 Å². The van der Waals surface area contributed by atoms with E-state index in [4.69, 9.17) is 14.9 Å². The number of methoxy groups -OCH3 is 1. The van der Waals surface area contributed by atoms with Gasteiger partial charge in [0.15, 0.2) is 5.69 Å². The number of amides is 1. The Morgan fingerprint density at radius 3 is 2.73 bits per heavy atom. The molecule has 0 aliphatic carbocycles. The summed E-state index contributed by atoms with van der Waals surface area (Å²) in [6.07, 6.45) is 2.95. The monoisotopic (exact) mass is 364 g/mol. The quantitative estimate of drug-likeness (QED) is 0.723. The van der Waals surface area contributed by atoms with Gasteiger partial charge in [-0.3, -0.25) is 24.0 Å². The number of hydrogen-bond donors (Lipinski definition) is 2. The van der Waals surface area contributed by atoms with Crippen LogP contribution in [0.3, 0.4) is 0 Å². The van der Waals surface area contributed by atoms with Crippen molar-refractivity contribution in [1.29, 1.82) is 0 Å². The van der Waals surface area contributed by atoms with Gasteiger partial charge in [-0.25, -0.2) is 4.79 Å². The molecule has 0 spiro atoms. The second kappa shape index (κ2) is 8.52. The van der Waals surface area contributed by atoms with Gasteiger partial charge in [-0.1, -0.05) is 13.3 Å². The summed E-state index contributed by atoms with van der Waals surface area (Å²) < 4.78 is 11.5. The van der Waals surface area contributed by atoms with E-state index in [1.54, 1.807) is 6.92 Å². The van der Waals surface area contributed by atoms with Gasteiger partial charge in [0.1, 0.15) is 11.6 Å². The molecule has 0 saturated heterocycles. The lowest BCUT2D eigenvalue weighted by Crippen LogP contribution is -2.42. The Balaban J connectivity index is 2.57. The molecule has 9 heteroatoms. The van der Waals surface area contributed by atoms with Crippen molar-refractivity contribution < 1.29 is 13.9 Å². The second-order valence-corrected chi connectivity index (χ2v) is 5.84. The number of nitrogens with one attached hydrogen (secondary N) is 1. The number of ether oxygens (including phenoxy) is 1. The molecule has 26 heavy (non-hydrogen) atoms. The van der Waals surface area contributed by atoms with E-state index in [1.165, 1.54) is 28.9 Å². The van der Waals surface area contributed by atoms with Crippen LogP contribution in [-0.2, 0) is 11.3 Å². The minimum Gasteiger partial charge on any atom is -0.469 e. The molecule has 2 rings (SSSR count). The van der Waals surface area contributed by atoms with E-state index in [2.05, 4.69) is 4.98 Å². The molecular formula is C17H24N4O5. The SMILES string of the molecule is CCCCn1c(N)c(N(CCOC)C(=O)c2ccoc2C)c(=O)[nH]c1=O. The number of rotatable bonds is 8. The molecule has 3 N–H and O–H groups in total. The average Bonchev–Trinajstić information content (AvgIpc) is 3.02. The van der Waals surface area contributed by atoms with Gasteiger partial charge < -0.3 is 14.9 Å². The summed E-state index contributed by atoms with van der Waals surface area (Å²) in [5, 5.41) is 0. The van der Waals surface area contributed by atoms with Gasteiger partial charge in [0.2, 0.25) is 0 Å². The normalized spacial score (nSPS) is 10.9. The minimum absolute atomic E-state index is 0.0437. The molecule has 2 heterocycles. The molecule has 0 unspecified atom stereocenters. The maximum atomic E-state index is 13.0. The highest BCUT2D eigenvalue weighted by atomic mass is 16.5. The molecule has 0 radical (unpaired) electrons. The number of nitrogens with zero attached hydrogens (tertiary/aromatic N) is 2. The van der Waals surface area contributed by atoms with Crippen LogP contribution >= 0.6 is 0 Å². The van der Waals surface area contributed by atoms with E-state index >= 15 is 0 Å². The van der Waals surface area contributed by atoms with Crippen molar-refractivity contribution >= 4 is 17.4 Å². The second-order valence-electron chi connectivity index (χ2n) is 5.84. The Morgan fingerprint density at radius 1 is 1.42 bits per heavy atom. The first kappa shape index (κ1) is 19.5. The van der Waals surface area contributed by atoms with Crippen LogP contribution < -0.4 is 21.9 Å². The molecule has 0 aliphatic heterocycles. The van der Waals surface area contributed by atoms with Gasteiger partial charge in [-0.05, 0) is 19.4 Å². The summed E-state index contributed by atoms with van der Waals surface area (Å²) in [6.45, 7) is 4.26. The zero-order chi connectivity index (χ0) is 19.3. The predicted molar refractivity (Wildman–Crippen MR) is 97.6 cm³/mol. The highest BCUT2D eigenvalue weighted by molar-refractivity contribution is 6.07. The minimum atomic E-state index is -0.717. The van der Waals surface area contributed by atoms with Gasteiger partial charge in [0.25, 0.3) is 11.5 Å². The van der Waals surface area contributed by atoms with E-state index in [0.29, 0.717) is 24.3 Å². The van der Waals surface area contributed by atoms with Gasteiger partial charge in [-0.15, -0.1) is 0 Å². The van der Waals surface area contributed by atoms with Gasteiger partial charge in [-0.2, -0.15) is 0 Å². The Bertz CT molecular complexity index is 880. The molecule has 0 aliphatic rings. The zero-order valence-corrected chi connectivity index (χ0v) is 15.2. The number of unbranched alkanes of at least 4 members (excludes halogenated alkanes) is 1. The summed E-state index contributed by atoms with van der Waals surface area (Å²) in [7, 11) is 1.49. The standard InChI is InChI=1S/C17H24N4O5/c1-4-5-7-21-14(18)13(15(22)19-17(21)24)20(8-10-25-3)16(23)12-6-9-26-11(12)2/h6,9H,4-5,7-8,10,18H2,1-3H3,(H,19,22,24). The smallest absolute Gasteiger partial charge is 0.330 e. The molecule has 0 aromatic carbocycles. The van der Waals surface area contributed by atoms with Crippen molar-refractivity contribution in [1.82, 2.24) is 9.55 Å². The van der Waals surface area contributed by atoms with Crippen molar-refractivity contribution in [2.45, 2.75) is 33.2 Å². The molecule has 0 fully saturated rings.